The van der Waals surface area contributed by atoms with E-state index in [0.717, 1.165) is 29.8 Å². The molecule has 234 valence electrons. The Bertz CT molecular complexity index is 1510. The number of hydrogen-bond donors (Lipinski definition) is 4. The molecule has 2 aliphatic carbocycles. The number of nitrogens with zero attached hydrogens (tertiary/aromatic N) is 2. The highest BCUT2D eigenvalue weighted by Crippen LogP contribution is 2.65. The average Bonchev–Trinajstić information content (AvgIpc) is 3.36. The van der Waals surface area contributed by atoms with Crippen LogP contribution < -0.4 is 20.5 Å². The van der Waals surface area contributed by atoms with Crippen LogP contribution in [0.4, 0.5) is 4.79 Å². The summed E-state index contributed by atoms with van der Waals surface area (Å²) in [7, 11) is 3.72. The van der Waals surface area contributed by atoms with E-state index in [2.05, 4.69) is 18.9 Å². The van der Waals surface area contributed by atoms with Gasteiger partial charge in [0.2, 0.25) is 5.91 Å². The Morgan fingerprint density at radius 3 is 2.75 bits per heavy atom. The topological polar surface area (TPSA) is 151 Å². The number of aliphatic hydroxyl groups is 1. The van der Waals surface area contributed by atoms with E-state index in [9.17, 15) is 24.6 Å². The second kappa shape index (κ2) is 10.9. The highest BCUT2D eigenvalue weighted by Gasteiger charge is 2.76. The summed E-state index contributed by atoms with van der Waals surface area (Å²) in [5.74, 6) is 0.329. The third-order valence-corrected chi connectivity index (χ3v) is 10.4. The van der Waals surface area contributed by atoms with Gasteiger partial charge in [-0.3, -0.25) is 9.59 Å². The van der Waals surface area contributed by atoms with Crippen molar-refractivity contribution in [3.63, 3.8) is 0 Å². The van der Waals surface area contributed by atoms with Crippen LogP contribution >= 0.6 is 0 Å². The number of piperidine rings is 1. The lowest BCUT2D eigenvalue weighted by molar-refractivity contribution is -0.944. The number of likely N-dealkylation sites (N-methyl/N-ethyl adjacent to an activating group) is 2. The summed E-state index contributed by atoms with van der Waals surface area (Å²) < 4.78 is 12.8. The molecule has 6 rings (SSSR count). The fraction of sp³-hybridized carbons (Fsp3) is 0.485. The maximum Gasteiger partial charge on any atom is 0.415 e. The predicted octanol–water partition coefficient (Wildman–Crippen LogP) is 1.56. The van der Waals surface area contributed by atoms with Crippen molar-refractivity contribution in [2.75, 3.05) is 40.3 Å². The molecule has 2 heterocycles. The number of likely N-dealkylation sites (tertiary alicyclic amines) is 1. The van der Waals surface area contributed by atoms with Gasteiger partial charge in [-0.05, 0) is 48.2 Å². The highest BCUT2D eigenvalue weighted by molar-refractivity contribution is 5.90. The second-order valence-corrected chi connectivity index (χ2v) is 13.0. The Kier molecular flexibility index (Phi) is 7.46. The van der Waals surface area contributed by atoms with E-state index in [4.69, 9.17) is 15.2 Å². The Labute approximate surface area is 256 Å². The van der Waals surface area contributed by atoms with E-state index >= 15 is 0 Å². The Morgan fingerprint density at radius 1 is 1.27 bits per heavy atom. The Morgan fingerprint density at radius 2 is 2.02 bits per heavy atom. The summed E-state index contributed by atoms with van der Waals surface area (Å²) in [6.45, 7) is 5.78. The third-order valence-electron chi connectivity index (χ3n) is 10.4. The summed E-state index contributed by atoms with van der Waals surface area (Å²) in [6.07, 6.45) is 2.54. The van der Waals surface area contributed by atoms with Crippen molar-refractivity contribution >= 4 is 17.8 Å². The number of phenolic OH excluding ortho intramolecular Hbond substituents is 1. The average molecular weight is 606 g/mol. The summed E-state index contributed by atoms with van der Waals surface area (Å²) in [6, 6.07) is 9.23. The van der Waals surface area contributed by atoms with Gasteiger partial charge in [0.15, 0.2) is 23.4 Å². The van der Waals surface area contributed by atoms with Crippen molar-refractivity contribution in [2.45, 2.75) is 61.3 Å². The molecule has 0 aromatic heterocycles. The van der Waals surface area contributed by atoms with Crippen molar-refractivity contribution in [1.82, 2.24) is 10.2 Å². The summed E-state index contributed by atoms with van der Waals surface area (Å²) >= 11 is 0. The first kappa shape index (κ1) is 30.1. The number of ketones is 1. The molecule has 5 N–H and O–H groups in total. The zero-order valence-electron chi connectivity index (χ0n) is 25.3. The van der Waals surface area contributed by atoms with Crippen LogP contribution in [0.2, 0.25) is 0 Å². The third kappa shape index (κ3) is 4.56. The molecule has 1 unspecified atom stereocenters. The van der Waals surface area contributed by atoms with Crippen molar-refractivity contribution < 1.29 is 38.6 Å². The smallest absolute Gasteiger partial charge is 0.415 e. The molecular formula is C33H41N4O7+. The van der Waals surface area contributed by atoms with Gasteiger partial charge in [-0.15, -0.1) is 0 Å². The molecule has 0 radical (unpaired) electrons. The molecule has 1 saturated heterocycles. The minimum absolute atomic E-state index is 0.0361. The SMILES string of the molecule is C=CC[N+]1(C)CC[C@]23c4c5ccc(OC(=O)N(C)CCNC(=O)[C@@H](N)Cc6ccc(O)cc6)c4O[C@H]2C(=O)CC[C@@]3(O)[C@@H]1C5. The van der Waals surface area contributed by atoms with E-state index < -0.39 is 29.3 Å². The molecule has 11 nitrogen and oxygen atoms in total. The maximum atomic E-state index is 13.3. The number of Topliss-reactive ketones (excluding diaryl/α,β-unsaturated/α-hetero) is 1. The summed E-state index contributed by atoms with van der Waals surface area (Å²) in [5.41, 5.74) is 6.66. The minimum atomic E-state index is -1.14. The molecule has 2 bridgehead atoms. The Hall–Kier alpha value is -3.93. The number of carbonyl (C=O) groups is 3. The first-order chi connectivity index (χ1) is 20.9. The number of phenols is 1. The first-order valence-electron chi connectivity index (χ1n) is 15.2. The van der Waals surface area contributed by atoms with E-state index in [1.807, 2.05) is 12.1 Å². The number of nitrogens with one attached hydrogen (secondary N) is 1. The molecule has 6 atom stereocenters. The van der Waals surface area contributed by atoms with E-state index in [1.165, 1.54) is 17.0 Å². The molecule has 2 aromatic carbocycles. The fourth-order valence-electron chi connectivity index (χ4n) is 8.13. The van der Waals surface area contributed by atoms with Gasteiger partial charge in [0.25, 0.3) is 0 Å². The number of ether oxygens (including phenoxy) is 2. The molecule has 2 amide bonds. The number of benzene rings is 2. The molecule has 44 heavy (non-hydrogen) atoms. The zero-order valence-corrected chi connectivity index (χ0v) is 25.3. The van der Waals surface area contributed by atoms with Crippen LogP contribution in [0.15, 0.2) is 49.1 Å². The predicted molar refractivity (Wildman–Crippen MR) is 161 cm³/mol. The van der Waals surface area contributed by atoms with Gasteiger partial charge in [0, 0.05) is 45.0 Å². The molecule has 2 fully saturated rings. The summed E-state index contributed by atoms with van der Waals surface area (Å²) in [5, 5.41) is 24.6. The molecule has 2 aromatic rings. The number of nitrogens with two attached hydrogens (primary N) is 1. The minimum Gasteiger partial charge on any atom is -0.508 e. The number of quaternary nitrogens is 1. The fourth-order valence-corrected chi connectivity index (χ4v) is 8.13. The van der Waals surface area contributed by atoms with E-state index in [-0.39, 0.29) is 48.7 Å². The molecule has 11 heteroatoms. The number of amides is 2. The van der Waals surface area contributed by atoms with Gasteiger partial charge >= 0.3 is 6.09 Å². The lowest BCUT2D eigenvalue weighted by Crippen LogP contribution is -2.80. The van der Waals surface area contributed by atoms with Gasteiger partial charge in [-0.1, -0.05) is 24.8 Å². The quantitative estimate of drug-likeness (QED) is 0.248. The van der Waals surface area contributed by atoms with Crippen LogP contribution in [0.1, 0.15) is 36.0 Å². The zero-order chi connectivity index (χ0) is 31.4. The number of rotatable bonds is 9. The number of hydrogen-bond acceptors (Lipinski definition) is 8. The van der Waals surface area contributed by atoms with Crippen LogP contribution in [0, 0.1) is 0 Å². The highest BCUT2D eigenvalue weighted by atomic mass is 16.6. The van der Waals surface area contributed by atoms with Gasteiger partial charge < -0.3 is 40.1 Å². The van der Waals surface area contributed by atoms with Crippen LogP contribution in [0.5, 0.6) is 17.2 Å². The van der Waals surface area contributed by atoms with Gasteiger partial charge in [0.05, 0.1) is 31.6 Å². The van der Waals surface area contributed by atoms with Crippen molar-refractivity contribution in [3.05, 3.63) is 65.7 Å². The van der Waals surface area contributed by atoms with Gasteiger partial charge in [-0.25, -0.2) is 4.79 Å². The molecule has 1 spiro atoms. The van der Waals surface area contributed by atoms with Crippen LogP contribution in [0.25, 0.3) is 0 Å². The largest absolute Gasteiger partial charge is 0.508 e. The maximum absolute atomic E-state index is 13.3. The first-order valence-corrected chi connectivity index (χ1v) is 15.2. The molecule has 4 aliphatic rings. The summed E-state index contributed by atoms with van der Waals surface area (Å²) in [4.78, 5) is 40.3. The van der Waals surface area contributed by atoms with Crippen LogP contribution in [-0.4, -0.2) is 101 Å². The van der Waals surface area contributed by atoms with Gasteiger partial charge in [-0.2, -0.15) is 0 Å². The Balaban J connectivity index is 1.15. The van der Waals surface area contributed by atoms with E-state index in [0.29, 0.717) is 35.9 Å². The van der Waals surface area contributed by atoms with Crippen LogP contribution in [-0.2, 0) is 27.8 Å². The standard InChI is InChI=1S/C33H40N4O7/c1-4-16-37(3)17-13-32-27-21-7-10-25(28(27)44-29(32)24(39)11-12-33(32,42)26(37)19-21)43-31(41)36(2)15-14-35-30(40)23(34)18-20-5-8-22(38)9-6-20/h4-10,23,26,29,42H,1,11-19,34H2,2-3H3,(H-,35,38,40)/p+1/t23-,26-,29-,32-,33+,37?/m0/s1. The van der Waals surface area contributed by atoms with E-state index in [1.54, 1.807) is 25.2 Å². The van der Waals surface area contributed by atoms with Gasteiger partial charge in [0.1, 0.15) is 17.4 Å². The number of aromatic hydroxyl groups is 1. The molecule has 1 saturated carbocycles. The van der Waals surface area contributed by atoms with Crippen molar-refractivity contribution in [2.24, 2.45) is 5.73 Å². The monoisotopic (exact) mass is 605 g/mol. The lowest BCUT2D eigenvalue weighted by atomic mass is 9.48. The second-order valence-electron chi connectivity index (χ2n) is 13.0. The normalized spacial score (nSPS) is 30.0. The molecule has 2 aliphatic heterocycles. The lowest BCUT2D eigenvalue weighted by Gasteiger charge is -2.64. The van der Waals surface area contributed by atoms with Crippen LogP contribution in [0.3, 0.4) is 0 Å². The van der Waals surface area contributed by atoms with Crippen molar-refractivity contribution in [1.29, 1.82) is 0 Å². The number of carbonyl (C=O) groups excluding carboxylic acids is 3. The van der Waals surface area contributed by atoms with Crippen molar-refractivity contribution in [3.8, 4) is 17.2 Å². The molecular weight excluding hydrogens is 564 g/mol.